The molecule has 0 atom stereocenters. The van der Waals surface area contributed by atoms with Crippen LogP contribution in [-0.4, -0.2) is 22.4 Å². The van der Waals surface area contributed by atoms with Crippen molar-refractivity contribution in [1.82, 2.24) is 0 Å². The molecule has 0 saturated heterocycles. The van der Waals surface area contributed by atoms with Crippen LogP contribution in [0.15, 0.2) is 12.7 Å². The van der Waals surface area contributed by atoms with E-state index in [1.807, 2.05) is 0 Å². The standard InChI is InChI=1S/C4H7.2C3H8O.CH3.Ti/c1-3-4-2;2*1-3(2)4;;/h3H,1-2,4H2;2*3-4H,1-2H3;1H3;/q-1;;;-1;+2. The van der Waals surface area contributed by atoms with Crippen LogP contribution in [-0.2, 0) is 21.7 Å². The third kappa shape index (κ3) is 848. The van der Waals surface area contributed by atoms with Gasteiger partial charge in [0.25, 0.3) is 0 Å². The first kappa shape index (κ1) is 29.3. The van der Waals surface area contributed by atoms with Crippen molar-refractivity contribution >= 4 is 0 Å². The zero-order chi connectivity index (χ0) is 10.6. The van der Waals surface area contributed by atoms with Crippen LogP contribution in [0.3, 0.4) is 0 Å². The Hall–Kier alpha value is 0.374. The van der Waals surface area contributed by atoms with E-state index in [1.165, 1.54) is 0 Å². The number of hydrogen-bond acceptors (Lipinski definition) is 2. The number of allylic oxidation sites excluding steroid dienone is 1. The third-order valence-electron chi connectivity index (χ3n) is 0.204. The molecule has 0 saturated carbocycles. The molecule has 0 aliphatic heterocycles. The summed E-state index contributed by atoms with van der Waals surface area (Å²) < 4.78 is 0. The van der Waals surface area contributed by atoms with E-state index in [0.717, 1.165) is 6.42 Å². The molecule has 0 aliphatic rings. The average molecular weight is 238 g/mol. The smallest absolute Gasteiger partial charge is 0.394 e. The van der Waals surface area contributed by atoms with E-state index >= 15 is 0 Å². The Bertz CT molecular complexity index is 62.2. The van der Waals surface area contributed by atoms with Gasteiger partial charge in [-0.2, -0.15) is 6.42 Å². The summed E-state index contributed by atoms with van der Waals surface area (Å²) in [6.07, 6.45) is 2.26. The first-order valence-corrected chi connectivity index (χ1v) is 4.14. The minimum atomic E-state index is -0.167. The van der Waals surface area contributed by atoms with Crippen LogP contribution < -0.4 is 0 Å². The third-order valence-corrected chi connectivity index (χ3v) is 0.204. The summed E-state index contributed by atoms with van der Waals surface area (Å²) in [5, 5.41) is 16.1. The van der Waals surface area contributed by atoms with Crippen molar-refractivity contribution in [2.24, 2.45) is 0 Å². The molecule has 0 aromatic carbocycles. The summed E-state index contributed by atoms with van der Waals surface area (Å²) >= 11 is 0. The van der Waals surface area contributed by atoms with Gasteiger partial charge in [0.05, 0.1) is 0 Å². The van der Waals surface area contributed by atoms with Crippen molar-refractivity contribution in [2.75, 3.05) is 0 Å². The van der Waals surface area contributed by atoms with Gasteiger partial charge in [-0.25, -0.2) is 0 Å². The Morgan fingerprint density at radius 1 is 1.14 bits per heavy atom. The van der Waals surface area contributed by atoms with Gasteiger partial charge >= 0.3 is 21.7 Å². The minimum Gasteiger partial charge on any atom is -0.394 e. The molecule has 0 aromatic rings. The molecule has 3 heteroatoms. The number of aliphatic hydroxyl groups excluding tert-OH is 2. The SMILES string of the molecule is C=CC[CH2-].CC(C)O.CC(C)O.[CH3-].[Ti+2]. The fourth-order valence-corrected chi connectivity index (χ4v) is 0. The molecule has 0 bridgehead atoms. The Morgan fingerprint density at radius 2 is 1.21 bits per heavy atom. The monoisotopic (exact) mass is 238 g/mol. The maximum Gasteiger partial charge on any atom is 2.00 e. The van der Waals surface area contributed by atoms with E-state index in [0.29, 0.717) is 0 Å². The molecule has 14 heavy (non-hydrogen) atoms. The zero-order valence-corrected chi connectivity index (χ0v) is 11.8. The summed E-state index contributed by atoms with van der Waals surface area (Å²) in [6.45, 7) is 13.8. The molecule has 0 unspecified atom stereocenters. The van der Waals surface area contributed by atoms with Gasteiger partial charge in [0.1, 0.15) is 0 Å². The molecule has 2 nitrogen and oxygen atoms in total. The van der Waals surface area contributed by atoms with Gasteiger partial charge in [0, 0.05) is 12.2 Å². The fourth-order valence-electron chi connectivity index (χ4n) is 0. The Labute approximate surface area is 105 Å². The number of hydrogen-bond donors (Lipinski definition) is 2. The normalized spacial score (nSPS) is 6.93. The summed E-state index contributed by atoms with van der Waals surface area (Å²) in [7, 11) is 0. The van der Waals surface area contributed by atoms with Crippen LogP contribution in [0, 0.1) is 14.4 Å². The first-order chi connectivity index (χ1) is 5.38. The van der Waals surface area contributed by atoms with E-state index in [9.17, 15) is 0 Å². The van der Waals surface area contributed by atoms with Gasteiger partial charge in [-0.1, -0.05) is 0 Å². The summed E-state index contributed by atoms with van der Waals surface area (Å²) in [4.78, 5) is 0. The topological polar surface area (TPSA) is 40.5 Å². The molecule has 0 heterocycles. The molecule has 0 aliphatic carbocycles. The van der Waals surface area contributed by atoms with Gasteiger partial charge in [-0.05, 0) is 27.7 Å². The summed E-state index contributed by atoms with van der Waals surface area (Å²) in [6, 6.07) is 0. The number of aliphatic hydroxyl groups is 2. The second-order valence-corrected chi connectivity index (χ2v) is 2.76. The van der Waals surface area contributed by atoms with Crippen molar-refractivity contribution < 1.29 is 31.9 Å². The molecule has 0 fully saturated rings. The summed E-state index contributed by atoms with van der Waals surface area (Å²) in [5.74, 6) is 0. The Kier molecular flexibility index (Phi) is 61.0. The predicted molar refractivity (Wildman–Crippen MR) is 61.3 cm³/mol. The molecular weight excluding hydrogens is 212 g/mol. The second-order valence-electron chi connectivity index (χ2n) is 2.76. The van der Waals surface area contributed by atoms with Crippen LogP contribution in [0.4, 0.5) is 0 Å². The fraction of sp³-hybridized carbons (Fsp3) is 0.636. The van der Waals surface area contributed by atoms with Gasteiger partial charge < -0.3 is 24.6 Å². The minimum absolute atomic E-state index is 0. The van der Waals surface area contributed by atoms with E-state index in [-0.39, 0.29) is 41.4 Å². The van der Waals surface area contributed by atoms with Crippen LogP contribution in [0.1, 0.15) is 34.1 Å². The Balaban J connectivity index is -0.0000000270. The largest absolute Gasteiger partial charge is 2.00 e. The van der Waals surface area contributed by atoms with Crippen molar-refractivity contribution in [1.29, 1.82) is 0 Å². The van der Waals surface area contributed by atoms with E-state index in [1.54, 1.807) is 33.8 Å². The Morgan fingerprint density at radius 3 is 1.21 bits per heavy atom. The van der Waals surface area contributed by atoms with Crippen LogP contribution in [0.25, 0.3) is 0 Å². The van der Waals surface area contributed by atoms with Crippen molar-refractivity contribution in [3.8, 4) is 0 Å². The van der Waals surface area contributed by atoms with Crippen LogP contribution in [0.5, 0.6) is 0 Å². The molecule has 0 spiro atoms. The maximum absolute atomic E-state index is 8.06. The maximum atomic E-state index is 8.06. The quantitative estimate of drug-likeness (QED) is 0.419. The molecule has 2 N–H and O–H groups in total. The predicted octanol–water partition coefficient (Wildman–Crippen LogP) is 2.62. The molecule has 0 amide bonds. The zero-order valence-electron chi connectivity index (χ0n) is 10.2. The van der Waals surface area contributed by atoms with E-state index < -0.39 is 0 Å². The molecular formula is C11H26O2Ti. The van der Waals surface area contributed by atoms with Crippen molar-refractivity contribution in [3.63, 3.8) is 0 Å². The molecule has 86 valence electrons. The van der Waals surface area contributed by atoms with Gasteiger partial charge in [0.2, 0.25) is 0 Å². The average Bonchev–Trinajstić information content (AvgIpc) is 1.85. The second kappa shape index (κ2) is 29.2. The van der Waals surface area contributed by atoms with Crippen molar-refractivity contribution in [2.45, 2.75) is 46.3 Å². The van der Waals surface area contributed by atoms with E-state index in [2.05, 4.69) is 13.5 Å². The van der Waals surface area contributed by atoms with Gasteiger partial charge in [0.15, 0.2) is 0 Å². The van der Waals surface area contributed by atoms with Gasteiger partial charge in [-0.15, -0.1) is 12.7 Å². The summed E-state index contributed by atoms with van der Waals surface area (Å²) in [5.41, 5.74) is 0. The van der Waals surface area contributed by atoms with Crippen LogP contribution in [0.2, 0.25) is 0 Å². The molecule has 0 rings (SSSR count). The van der Waals surface area contributed by atoms with E-state index in [4.69, 9.17) is 10.2 Å². The molecule has 0 aromatic heterocycles. The molecule has 0 radical (unpaired) electrons. The van der Waals surface area contributed by atoms with Crippen molar-refractivity contribution in [3.05, 3.63) is 27.0 Å². The number of rotatable bonds is 1. The van der Waals surface area contributed by atoms with Gasteiger partial charge in [-0.3, -0.25) is 0 Å². The first-order valence-electron chi connectivity index (χ1n) is 4.14. The van der Waals surface area contributed by atoms with Crippen LogP contribution >= 0.6 is 0 Å².